The fraction of sp³-hybridized carbons (Fsp3) is 0.400. The Bertz CT molecular complexity index is 935. The maximum atomic E-state index is 6.26. The minimum absolute atomic E-state index is 0.352. The van der Waals surface area contributed by atoms with Crippen LogP contribution in [0.15, 0.2) is 84.9 Å². The Morgan fingerprint density at radius 2 is 1.15 bits per heavy atom. The van der Waals surface area contributed by atoms with E-state index in [0.717, 1.165) is 44.8 Å². The summed E-state index contributed by atoms with van der Waals surface area (Å²) in [5.41, 5.74) is 2.81. The topological polar surface area (TPSA) is 15.7 Å². The van der Waals surface area contributed by atoms with Crippen LogP contribution in [0.3, 0.4) is 0 Å². The fourth-order valence-corrected chi connectivity index (χ4v) is 5.19. The van der Waals surface area contributed by atoms with Crippen molar-refractivity contribution >= 4 is 15.4 Å². The molecule has 2 aliphatic rings. The van der Waals surface area contributed by atoms with E-state index in [1.165, 1.54) is 58.9 Å². The number of hydrogen-bond acceptors (Lipinski definition) is 3. The second-order valence-corrected chi connectivity index (χ2v) is 10.9. The highest BCUT2D eigenvalue weighted by atomic mass is 28.1. The van der Waals surface area contributed by atoms with E-state index in [2.05, 4.69) is 88.7 Å². The summed E-state index contributed by atoms with van der Waals surface area (Å²) in [4.78, 5) is 5.11. The number of nitrogens with zero attached hydrogens (tertiary/aromatic N) is 2. The molecule has 0 atom stereocenters. The molecule has 0 aromatic heterocycles. The zero-order valence-corrected chi connectivity index (χ0v) is 22.7. The number of rotatable bonds is 6. The number of ether oxygens (including phenoxy) is 1. The number of hydrogen-bond donors (Lipinski definition) is 0. The monoisotopic (exact) mass is 472 g/mol. The Kier molecular flexibility index (Phi) is 9.80. The summed E-state index contributed by atoms with van der Waals surface area (Å²) in [5.74, 6) is 1.03. The van der Waals surface area contributed by atoms with Crippen LogP contribution in [0.25, 0.3) is 0 Å². The van der Waals surface area contributed by atoms with Crippen LogP contribution < -0.4 is 9.92 Å². The van der Waals surface area contributed by atoms with Crippen LogP contribution >= 0.6 is 0 Å². The largest absolute Gasteiger partial charge is 0.490 e. The first-order chi connectivity index (χ1) is 16.7. The van der Waals surface area contributed by atoms with Crippen molar-refractivity contribution in [3.63, 3.8) is 0 Å². The van der Waals surface area contributed by atoms with E-state index in [1.54, 1.807) is 0 Å². The van der Waals surface area contributed by atoms with E-state index in [-0.39, 0.29) is 0 Å². The Labute approximate surface area is 209 Å². The van der Waals surface area contributed by atoms with E-state index in [1.807, 2.05) is 6.07 Å². The smallest absolute Gasteiger partial charge is 0.119 e. The zero-order chi connectivity index (χ0) is 23.4. The minimum Gasteiger partial charge on any atom is -0.490 e. The third kappa shape index (κ3) is 8.43. The molecular weight excluding hydrogens is 432 g/mol. The highest BCUT2D eigenvalue weighted by Gasteiger charge is 2.20. The van der Waals surface area contributed by atoms with Crippen LogP contribution in [-0.4, -0.2) is 52.3 Å². The third-order valence-electron chi connectivity index (χ3n) is 6.81. The van der Waals surface area contributed by atoms with Crippen LogP contribution in [0.4, 0.5) is 0 Å². The summed E-state index contributed by atoms with van der Waals surface area (Å²) in [5, 5.41) is 1.46. The van der Waals surface area contributed by atoms with Crippen molar-refractivity contribution in [1.82, 2.24) is 9.80 Å². The lowest BCUT2D eigenvalue weighted by molar-refractivity contribution is 0.0968. The second kappa shape index (κ2) is 13.5. The van der Waals surface area contributed by atoms with E-state index in [4.69, 9.17) is 4.74 Å². The summed E-state index contributed by atoms with van der Waals surface area (Å²) >= 11 is 0. The summed E-state index contributed by atoms with van der Waals surface area (Å²) in [6.45, 7) is 6.87. The maximum absolute atomic E-state index is 6.26. The van der Waals surface area contributed by atoms with Gasteiger partial charge < -0.3 is 4.74 Å². The molecule has 2 saturated heterocycles. The molecule has 2 heterocycles. The predicted octanol–water partition coefficient (Wildman–Crippen LogP) is 4.39. The first kappa shape index (κ1) is 24.7. The SMILES string of the molecule is [SiH3]c1ccccc1.c1ccc(CN2CCC(Oc3ccc(CN4CCCCC4)cc3)CC2)cc1. The third-order valence-corrected chi connectivity index (χ3v) is 7.47. The van der Waals surface area contributed by atoms with Gasteiger partial charge in [0, 0.05) is 36.4 Å². The Hall–Kier alpha value is -2.40. The molecular formula is C30H40N2OSi. The lowest BCUT2D eigenvalue weighted by atomic mass is 10.1. The van der Waals surface area contributed by atoms with Gasteiger partial charge in [-0.1, -0.05) is 84.4 Å². The molecule has 3 nitrogen and oxygen atoms in total. The van der Waals surface area contributed by atoms with Crippen molar-refractivity contribution in [3.8, 4) is 5.75 Å². The summed E-state index contributed by atoms with van der Waals surface area (Å²) in [6.07, 6.45) is 6.68. The summed E-state index contributed by atoms with van der Waals surface area (Å²) < 4.78 is 6.26. The molecule has 34 heavy (non-hydrogen) atoms. The van der Waals surface area contributed by atoms with Crippen molar-refractivity contribution in [1.29, 1.82) is 0 Å². The van der Waals surface area contributed by atoms with Crippen molar-refractivity contribution in [2.45, 2.75) is 51.3 Å². The normalized spacial score (nSPS) is 17.6. The second-order valence-electron chi connectivity index (χ2n) is 9.71. The van der Waals surface area contributed by atoms with Crippen molar-refractivity contribution in [2.75, 3.05) is 26.2 Å². The molecule has 0 N–H and O–H groups in total. The molecule has 0 saturated carbocycles. The summed E-state index contributed by atoms with van der Waals surface area (Å²) in [6, 6.07) is 30.1. The molecule has 2 fully saturated rings. The number of benzene rings is 3. The molecule has 0 radical (unpaired) electrons. The van der Waals surface area contributed by atoms with E-state index >= 15 is 0 Å². The average molecular weight is 473 g/mol. The van der Waals surface area contributed by atoms with Crippen LogP contribution in [-0.2, 0) is 13.1 Å². The van der Waals surface area contributed by atoms with Crippen LogP contribution in [0, 0.1) is 0 Å². The molecule has 0 bridgehead atoms. The van der Waals surface area contributed by atoms with Gasteiger partial charge in [-0.3, -0.25) is 9.80 Å². The van der Waals surface area contributed by atoms with Gasteiger partial charge in [0.05, 0.1) is 0 Å². The molecule has 3 aromatic rings. The van der Waals surface area contributed by atoms with Gasteiger partial charge >= 0.3 is 0 Å². The fourth-order valence-electron chi connectivity index (χ4n) is 4.80. The van der Waals surface area contributed by atoms with Gasteiger partial charge in [-0.15, -0.1) is 0 Å². The predicted molar refractivity (Wildman–Crippen MR) is 147 cm³/mol. The molecule has 0 unspecified atom stereocenters. The van der Waals surface area contributed by atoms with Gasteiger partial charge in [-0.05, 0) is 62.0 Å². The molecule has 0 aliphatic carbocycles. The van der Waals surface area contributed by atoms with Crippen LogP contribution in [0.2, 0.25) is 0 Å². The maximum Gasteiger partial charge on any atom is 0.119 e. The molecule has 4 heteroatoms. The molecule has 0 spiro atoms. The Morgan fingerprint density at radius 3 is 1.71 bits per heavy atom. The van der Waals surface area contributed by atoms with E-state index in [9.17, 15) is 0 Å². The number of likely N-dealkylation sites (tertiary alicyclic amines) is 2. The van der Waals surface area contributed by atoms with Crippen molar-refractivity contribution in [2.24, 2.45) is 0 Å². The Morgan fingerprint density at radius 1 is 0.618 bits per heavy atom. The highest BCUT2D eigenvalue weighted by molar-refractivity contribution is 6.32. The molecule has 3 aromatic carbocycles. The minimum atomic E-state index is 0.352. The Balaban J connectivity index is 0.000000336. The van der Waals surface area contributed by atoms with Crippen molar-refractivity contribution < 1.29 is 4.74 Å². The van der Waals surface area contributed by atoms with Gasteiger partial charge in [0.1, 0.15) is 11.9 Å². The highest BCUT2D eigenvalue weighted by Crippen LogP contribution is 2.22. The first-order valence-electron chi connectivity index (χ1n) is 13.0. The molecule has 2 aliphatic heterocycles. The summed E-state index contributed by atoms with van der Waals surface area (Å²) in [7, 11) is 1.17. The molecule has 180 valence electrons. The average Bonchev–Trinajstić information content (AvgIpc) is 2.89. The molecule has 0 amide bonds. The van der Waals surface area contributed by atoms with E-state index in [0.29, 0.717) is 6.10 Å². The van der Waals surface area contributed by atoms with Crippen molar-refractivity contribution in [3.05, 3.63) is 96.1 Å². The van der Waals surface area contributed by atoms with Crippen LogP contribution in [0.1, 0.15) is 43.2 Å². The standard InChI is InChI=1S/C24H32N2O.C6H8Si/c1-3-7-21(8-4-1)19-26-17-13-24(14-18-26)27-23-11-9-22(10-12-23)20-25-15-5-2-6-16-25;7-6-4-2-1-3-5-6/h1,3-4,7-12,24H,2,5-6,13-20H2;1-5H,7H3. The number of piperidine rings is 2. The van der Waals surface area contributed by atoms with Gasteiger partial charge in [0.15, 0.2) is 0 Å². The van der Waals surface area contributed by atoms with Gasteiger partial charge in [0.25, 0.3) is 0 Å². The lowest BCUT2D eigenvalue weighted by Gasteiger charge is -2.32. The zero-order valence-electron chi connectivity index (χ0n) is 20.7. The van der Waals surface area contributed by atoms with Crippen LogP contribution in [0.5, 0.6) is 5.75 Å². The van der Waals surface area contributed by atoms with Gasteiger partial charge in [0.2, 0.25) is 0 Å². The van der Waals surface area contributed by atoms with E-state index < -0.39 is 0 Å². The van der Waals surface area contributed by atoms with Gasteiger partial charge in [-0.25, -0.2) is 0 Å². The molecule has 5 rings (SSSR count). The van der Waals surface area contributed by atoms with Gasteiger partial charge in [-0.2, -0.15) is 0 Å². The first-order valence-corrected chi connectivity index (χ1v) is 14.0. The lowest BCUT2D eigenvalue weighted by Crippen LogP contribution is -2.37. The quantitative estimate of drug-likeness (QED) is 0.495.